The van der Waals surface area contributed by atoms with Crippen LogP contribution < -0.4 is 10.5 Å². The molecule has 0 aliphatic carbocycles. The number of benzene rings is 1. The number of guanidine groups is 1. The summed E-state index contributed by atoms with van der Waals surface area (Å²) in [6.45, 7) is 4.11. The summed E-state index contributed by atoms with van der Waals surface area (Å²) in [7, 11) is 0. The second kappa shape index (κ2) is 7.35. The molecular weight excluding hydrogens is 310 g/mol. The number of ether oxygens (including phenoxy) is 2. The highest BCUT2D eigenvalue weighted by Gasteiger charge is 2.11. The van der Waals surface area contributed by atoms with Gasteiger partial charge in [-0.25, -0.2) is 4.99 Å². The van der Waals surface area contributed by atoms with Crippen molar-refractivity contribution < 1.29 is 9.47 Å². The van der Waals surface area contributed by atoms with E-state index in [4.69, 9.17) is 15.2 Å². The van der Waals surface area contributed by atoms with E-state index in [0.717, 1.165) is 23.3 Å². The minimum absolute atomic E-state index is 0.515. The van der Waals surface area contributed by atoms with E-state index < -0.39 is 0 Å². The third-order valence-corrected chi connectivity index (χ3v) is 3.26. The van der Waals surface area contributed by atoms with Crippen molar-refractivity contribution in [2.45, 2.75) is 0 Å². The predicted octanol–water partition coefficient (Wildman–Crippen LogP) is 1.47. The van der Waals surface area contributed by atoms with Crippen LogP contribution in [0.5, 0.6) is 5.75 Å². The van der Waals surface area contributed by atoms with Gasteiger partial charge in [0.25, 0.3) is 0 Å². The first-order valence-electron chi connectivity index (χ1n) is 6.27. The molecule has 2 rings (SSSR count). The number of nitrogens with two attached hydrogens (primary N) is 1. The van der Waals surface area contributed by atoms with Crippen molar-refractivity contribution in [3.05, 3.63) is 28.7 Å². The molecule has 0 radical (unpaired) electrons. The van der Waals surface area contributed by atoms with Gasteiger partial charge < -0.3 is 20.1 Å². The first-order chi connectivity index (χ1) is 9.25. The summed E-state index contributed by atoms with van der Waals surface area (Å²) in [6, 6.07) is 7.74. The smallest absolute Gasteiger partial charge is 0.191 e. The molecule has 104 valence electrons. The van der Waals surface area contributed by atoms with Gasteiger partial charge in [-0.1, -0.05) is 22.0 Å². The Hall–Kier alpha value is -1.27. The lowest BCUT2D eigenvalue weighted by molar-refractivity contribution is 0.0674. The summed E-state index contributed by atoms with van der Waals surface area (Å²) < 4.78 is 11.9. The maximum Gasteiger partial charge on any atom is 0.191 e. The van der Waals surface area contributed by atoms with Crippen LogP contribution >= 0.6 is 15.9 Å². The van der Waals surface area contributed by atoms with Crippen molar-refractivity contribution >= 4 is 21.9 Å². The highest BCUT2D eigenvalue weighted by Crippen LogP contribution is 2.17. The molecule has 0 unspecified atom stereocenters. The second-order valence-electron chi connectivity index (χ2n) is 4.15. The zero-order chi connectivity index (χ0) is 13.5. The Morgan fingerprint density at radius 2 is 2.21 bits per heavy atom. The van der Waals surface area contributed by atoms with E-state index in [1.807, 2.05) is 29.2 Å². The van der Waals surface area contributed by atoms with Crippen molar-refractivity contribution in [1.29, 1.82) is 0 Å². The molecule has 1 aliphatic rings. The molecule has 1 heterocycles. The maximum atomic E-state index is 5.91. The first-order valence-corrected chi connectivity index (χ1v) is 7.06. The van der Waals surface area contributed by atoms with E-state index in [9.17, 15) is 0 Å². The lowest BCUT2D eigenvalue weighted by Crippen LogP contribution is -2.45. The summed E-state index contributed by atoms with van der Waals surface area (Å²) in [4.78, 5) is 6.34. The Balaban J connectivity index is 1.73. The van der Waals surface area contributed by atoms with Crippen molar-refractivity contribution in [2.24, 2.45) is 10.7 Å². The molecule has 0 aromatic heterocycles. The number of halogens is 1. The fourth-order valence-electron chi connectivity index (χ4n) is 1.77. The van der Waals surface area contributed by atoms with E-state index in [0.29, 0.717) is 32.3 Å². The number of hydrogen-bond donors (Lipinski definition) is 1. The van der Waals surface area contributed by atoms with Crippen LogP contribution in [0.1, 0.15) is 0 Å². The normalized spacial score (nSPS) is 16.5. The first kappa shape index (κ1) is 14.1. The quantitative estimate of drug-likeness (QED) is 0.517. The van der Waals surface area contributed by atoms with Crippen LogP contribution in [0.15, 0.2) is 33.7 Å². The molecule has 0 atom stereocenters. The van der Waals surface area contributed by atoms with E-state index >= 15 is 0 Å². The second-order valence-corrected chi connectivity index (χ2v) is 5.06. The molecule has 1 aromatic rings. The summed E-state index contributed by atoms with van der Waals surface area (Å²) in [5.74, 6) is 1.40. The number of morpholine rings is 1. The maximum absolute atomic E-state index is 5.91. The van der Waals surface area contributed by atoms with Gasteiger partial charge in [0.05, 0.1) is 19.8 Å². The Morgan fingerprint density at radius 1 is 1.42 bits per heavy atom. The molecular formula is C13H18BrN3O2. The van der Waals surface area contributed by atoms with Gasteiger partial charge in [0, 0.05) is 17.6 Å². The highest BCUT2D eigenvalue weighted by atomic mass is 79.9. The third kappa shape index (κ3) is 4.72. The molecule has 1 saturated heterocycles. The lowest BCUT2D eigenvalue weighted by atomic mass is 10.3. The fourth-order valence-corrected chi connectivity index (χ4v) is 2.15. The van der Waals surface area contributed by atoms with Gasteiger partial charge in [0.1, 0.15) is 12.4 Å². The molecule has 5 nitrogen and oxygen atoms in total. The zero-order valence-electron chi connectivity index (χ0n) is 10.7. The van der Waals surface area contributed by atoms with Crippen LogP contribution in [0.4, 0.5) is 0 Å². The van der Waals surface area contributed by atoms with Gasteiger partial charge in [-0.3, -0.25) is 0 Å². The van der Waals surface area contributed by atoms with Gasteiger partial charge in [0.15, 0.2) is 5.96 Å². The van der Waals surface area contributed by atoms with Crippen LogP contribution in [0.25, 0.3) is 0 Å². The lowest BCUT2D eigenvalue weighted by Gasteiger charge is -2.27. The van der Waals surface area contributed by atoms with Gasteiger partial charge in [-0.2, -0.15) is 0 Å². The minimum Gasteiger partial charge on any atom is -0.492 e. The number of aliphatic imine (C=N–C) groups is 1. The van der Waals surface area contributed by atoms with E-state index in [2.05, 4.69) is 20.9 Å². The van der Waals surface area contributed by atoms with Gasteiger partial charge in [-0.05, 0) is 18.2 Å². The van der Waals surface area contributed by atoms with Crippen molar-refractivity contribution in [3.63, 3.8) is 0 Å². The average molecular weight is 328 g/mol. The Morgan fingerprint density at radius 3 is 2.95 bits per heavy atom. The van der Waals surface area contributed by atoms with Gasteiger partial charge in [-0.15, -0.1) is 0 Å². The molecule has 0 saturated carbocycles. The largest absolute Gasteiger partial charge is 0.492 e. The molecule has 1 aromatic carbocycles. The molecule has 0 spiro atoms. The number of rotatable bonds is 4. The zero-order valence-corrected chi connectivity index (χ0v) is 12.3. The fraction of sp³-hybridized carbons (Fsp3) is 0.462. The Labute approximate surface area is 121 Å². The van der Waals surface area contributed by atoms with Crippen LogP contribution in [0.3, 0.4) is 0 Å². The minimum atomic E-state index is 0.515. The summed E-state index contributed by atoms with van der Waals surface area (Å²) >= 11 is 3.40. The van der Waals surface area contributed by atoms with Crippen LogP contribution in [0, 0.1) is 0 Å². The standard InChI is InChI=1S/C13H18BrN3O2/c14-11-2-1-3-12(10-11)19-7-4-16-13(15)17-5-8-18-9-6-17/h1-3,10H,4-9H2,(H2,15,16). The molecule has 0 bridgehead atoms. The molecule has 1 aliphatic heterocycles. The highest BCUT2D eigenvalue weighted by molar-refractivity contribution is 9.10. The van der Waals surface area contributed by atoms with E-state index in [-0.39, 0.29) is 0 Å². The average Bonchev–Trinajstić information content (AvgIpc) is 2.44. The number of nitrogens with zero attached hydrogens (tertiary/aromatic N) is 2. The van der Waals surface area contributed by atoms with E-state index in [1.165, 1.54) is 0 Å². The molecule has 1 fully saturated rings. The van der Waals surface area contributed by atoms with Crippen LogP contribution in [-0.2, 0) is 4.74 Å². The van der Waals surface area contributed by atoms with Crippen molar-refractivity contribution in [2.75, 3.05) is 39.5 Å². The molecule has 2 N–H and O–H groups in total. The van der Waals surface area contributed by atoms with E-state index in [1.54, 1.807) is 0 Å². The molecule has 19 heavy (non-hydrogen) atoms. The molecule has 6 heteroatoms. The van der Waals surface area contributed by atoms with Crippen molar-refractivity contribution in [3.8, 4) is 5.75 Å². The van der Waals surface area contributed by atoms with Gasteiger partial charge in [0.2, 0.25) is 0 Å². The summed E-state index contributed by atoms with van der Waals surface area (Å²) in [6.07, 6.45) is 0. The monoisotopic (exact) mass is 327 g/mol. The topological polar surface area (TPSA) is 60.1 Å². The van der Waals surface area contributed by atoms with Gasteiger partial charge >= 0.3 is 0 Å². The van der Waals surface area contributed by atoms with Crippen molar-refractivity contribution in [1.82, 2.24) is 4.90 Å². The summed E-state index contributed by atoms with van der Waals surface area (Å²) in [5.41, 5.74) is 5.91. The predicted molar refractivity (Wildman–Crippen MR) is 78.5 cm³/mol. The Bertz CT molecular complexity index is 434. The number of hydrogen-bond acceptors (Lipinski definition) is 3. The van der Waals surface area contributed by atoms with Crippen LogP contribution in [0.2, 0.25) is 0 Å². The SMILES string of the molecule is NC(=NCCOc1cccc(Br)c1)N1CCOCC1. The Kier molecular flexibility index (Phi) is 5.47. The van der Waals surface area contributed by atoms with Crippen LogP contribution in [-0.4, -0.2) is 50.3 Å². The summed E-state index contributed by atoms with van der Waals surface area (Å²) in [5, 5.41) is 0. The third-order valence-electron chi connectivity index (χ3n) is 2.76. The molecule has 0 amide bonds.